The highest BCUT2D eigenvalue weighted by atomic mass is 32.2. The molecule has 0 spiro atoms. The Morgan fingerprint density at radius 3 is 2.95 bits per heavy atom. The van der Waals surface area contributed by atoms with E-state index in [4.69, 9.17) is 5.11 Å². The van der Waals surface area contributed by atoms with E-state index in [1.165, 1.54) is 11.8 Å². The molecule has 0 aliphatic heterocycles. The number of pyridine rings is 1. The Balaban J connectivity index is 2.35. The minimum absolute atomic E-state index is 0.00594. The van der Waals surface area contributed by atoms with E-state index in [1.807, 2.05) is 17.6 Å². The van der Waals surface area contributed by atoms with Crippen LogP contribution in [-0.4, -0.2) is 56.4 Å². The molecule has 2 aromatic rings. The summed E-state index contributed by atoms with van der Waals surface area (Å²) in [4.78, 5) is 22.0. The van der Waals surface area contributed by atoms with Gasteiger partial charge >= 0.3 is 5.97 Å². The van der Waals surface area contributed by atoms with E-state index in [-0.39, 0.29) is 5.75 Å². The Hall–Kier alpha value is -1.60. The number of carboxylic acids is 1. The Kier molecular flexibility index (Phi) is 5.19. The minimum Gasteiger partial charge on any atom is -0.481 e. The molecule has 2 rings (SSSR count). The molecule has 0 aliphatic carbocycles. The Bertz CT molecular complexity index is 641. The second-order valence-corrected chi connectivity index (χ2v) is 5.87. The number of aryl methyl sites for hydroxylation is 1. The van der Waals surface area contributed by atoms with Crippen molar-refractivity contribution in [3.63, 3.8) is 0 Å². The van der Waals surface area contributed by atoms with Gasteiger partial charge in [0, 0.05) is 19.3 Å². The van der Waals surface area contributed by atoms with Gasteiger partial charge in [-0.25, -0.2) is 9.97 Å². The van der Waals surface area contributed by atoms with E-state index in [0.717, 1.165) is 41.5 Å². The van der Waals surface area contributed by atoms with Crippen LogP contribution in [0.2, 0.25) is 0 Å². The first-order valence-corrected chi connectivity index (χ1v) is 7.86. The average molecular weight is 308 g/mol. The largest absolute Gasteiger partial charge is 0.481 e. The summed E-state index contributed by atoms with van der Waals surface area (Å²) in [5, 5.41) is 9.59. The second-order valence-electron chi connectivity index (χ2n) is 4.92. The van der Waals surface area contributed by atoms with Gasteiger partial charge in [0.05, 0.1) is 5.75 Å². The summed E-state index contributed by atoms with van der Waals surface area (Å²) in [5.41, 5.74) is 2.73. The smallest absolute Gasteiger partial charge is 0.313 e. The molecule has 6 nitrogen and oxygen atoms in total. The number of aromatic nitrogens is 3. The molecule has 0 unspecified atom stereocenters. The highest BCUT2D eigenvalue weighted by Gasteiger charge is 2.15. The van der Waals surface area contributed by atoms with Crippen LogP contribution in [0.4, 0.5) is 0 Å². The maximum Gasteiger partial charge on any atom is 0.313 e. The number of carboxylic acid groups (broad SMARTS) is 1. The monoisotopic (exact) mass is 308 g/mol. The molecule has 0 saturated carbocycles. The van der Waals surface area contributed by atoms with Crippen molar-refractivity contribution in [3.05, 3.63) is 17.8 Å². The first-order valence-electron chi connectivity index (χ1n) is 6.88. The van der Waals surface area contributed by atoms with Crippen molar-refractivity contribution in [1.29, 1.82) is 0 Å². The molecule has 0 amide bonds. The van der Waals surface area contributed by atoms with E-state index in [1.54, 1.807) is 6.20 Å². The number of imidazole rings is 1. The molecule has 2 heterocycles. The van der Waals surface area contributed by atoms with Gasteiger partial charge in [-0.1, -0.05) is 18.7 Å². The van der Waals surface area contributed by atoms with Crippen LogP contribution in [0.15, 0.2) is 17.4 Å². The zero-order valence-corrected chi connectivity index (χ0v) is 13.4. The highest BCUT2D eigenvalue weighted by Crippen LogP contribution is 2.24. The molecule has 0 aromatic carbocycles. The third-order valence-electron chi connectivity index (χ3n) is 3.37. The van der Waals surface area contributed by atoms with Crippen LogP contribution in [0.3, 0.4) is 0 Å². The van der Waals surface area contributed by atoms with Crippen LogP contribution in [-0.2, 0) is 11.3 Å². The number of likely N-dealkylation sites (N-methyl/N-ethyl adjacent to an activating group) is 1. The van der Waals surface area contributed by atoms with Crippen molar-refractivity contribution >= 4 is 28.9 Å². The summed E-state index contributed by atoms with van der Waals surface area (Å²) in [6, 6.07) is 1.92. The maximum absolute atomic E-state index is 10.8. The van der Waals surface area contributed by atoms with Crippen LogP contribution in [0.5, 0.6) is 0 Å². The summed E-state index contributed by atoms with van der Waals surface area (Å²) in [5.74, 6) is -0.833. The van der Waals surface area contributed by atoms with Crippen LogP contribution in [0.25, 0.3) is 11.2 Å². The average Bonchev–Trinajstić information content (AvgIpc) is 2.82. The zero-order chi connectivity index (χ0) is 15.4. The number of thioether (sulfide) groups is 1. The third-order valence-corrected chi connectivity index (χ3v) is 4.33. The van der Waals surface area contributed by atoms with Gasteiger partial charge in [0.2, 0.25) is 0 Å². The molecule has 0 aliphatic rings. The summed E-state index contributed by atoms with van der Waals surface area (Å²) in [6.45, 7) is 6.69. The number of carbonyl (C=O) groups is 1. The van der Waals surface area contributed by atoms with Gasteiger partial charge in [-0.3, -0.25) is 4.79 Å². The predicted octanol–water partition coefficient (Wildman–Crippen LogP) is 1.87. The standard InChI is InChI=1S/C14H20N4O2S/c1-4-17(3)7-8-18-13-12(10(2)5-6-15-13)16-14(18)21-9-11(19)20/h5-6H,4,7-9H2,1-3H3,(H,19,20). The third kappa shape index (κ3) is 3.74. The van der Waals surface area contributed by atoms with Crippen LogP contribution in [0.1, 0.15) is 12.5 Å². The lowest BCUT2D eigenvalue weighted by atomic mass is 10.3. The number of hydrogen-bond acceptors (Lipinski definition) is 5. The number of rotatable bonds is 7. The zero-order valence-electron chi connectivity index (χ0n) is 12.5. The van der Waals surface area contributed by atoms with Crippen LogP contribution >= 0.6 is 11.8 Å². The summed E-state index contributed by atoms with van der Waals surface area (Å²) in [7, 11) is 2.06. The minimum atomic E-state index is -0.839. The molecule has 21 heavy (non-hydrogen) atoms. The maximum atomic E-state index is 10.8. The van der Waals surface area contributed by atoms with E-state index in [2.05, 4.69) is 28.8 Å². The lowest BCUT2D eigenvalue weighted by molar-refractivity contribution is -0.133. The molecule has 2 aromatic heterocycles. The van der Waals surface area contributed by atoms with E-state index in [0.29, 0.717) is 0 Å². The first-order chi connectivity index (χ1) is 10.0. The lowest BCUT2D eigenvalue weighted by Crippen LogP contribution is -2.23. The van der Waals surface area contributed by atoms with Crippen molar-refractivity contribution in [3.8, 4) is 0 Å². The molecule has 1 N–H and O–H groups in total. The number of hydrogen-bond donors (Lipinski definition) is 1. The van der Waals surface area contributed by atoms with E-state index in [9.17, 15) is 4.79 Å². The van der Waals surface area contributed by atoms with E-state index < -0.39 is 5.97 Å². The Morgan fingerprint density at radius 2 is 2.29 bits per heavy atom. The van der Waals surface area contributed by atoms with Gasteiger partial charge in [0.1, 0.15) is 5.52 Å². The quantitative estimate of drug-likeness (QED) is 0.787. The fourth-order valence-electron chi connectivity index (χ4n) is 1.99. The Morgan fingerprint density at radius 1 is 1.52 bits per heavy atom. The molecule has 7 heteroatoms. The van der Waals surface area contributed by atoms with Gasteiger partial charge in [-0.05, 0) is 32.1 Å². The first kappa shape index (κ1) is 15.8. The fraction of sp³-hybridized carbons (Fsp3) is 0.500. The van der Waals surface area contributed by atoms with Crippen LogP contribution < -0.4 is 0 Å². The number of nitrogens with zero attached hydrogens (tertiary/aromatic N) is 4. The summed E-state index contributed by atoms with van der Waals surface area (Å²) in [6.07, 6.45) is 1.77. The molecule has 0 atom stereocenters. The number of fused-ring (bicyclic) bond motifs is 1. The van der Waals surface area contributed by atoms with Gasteiger partial charge in [0.25, 0.3) is 0 Å². The SMILES string of the molecule is CCN(C)CCn1c(SCC(=O)O)nc2c(C)ccnc21. The normalized spacial score (nSPS) is 11.4. The second kappa shape index (κ2) is 6.91. The molecule has 0 fully saturated rings. The molecule has 0 radical (unpaired) electrons. The highest BCUT2D eigenvalue weighted by molar-refractivity contribution is 7.99. The van der Waals surface area contributed by atoms with Crippen molar-refractivity contribution in [2.24, 2.45) is 0 Å². The Labute approximate surface area is 128 Å². The summed E-state index contributed by atoms with van der Waals surface area (Å²) >= 11 is 1.24. The van der Waals surface area contributed by atoms with E-state index >= 15 is 0 Å². The topological polar surface area (TPSA) is 71.2 Å². The van der Waals surface area contributed by atoms with Crippen molar-refractivity contribution in [2.75, 3.05) is 25.9 Å². The van der Waals surface area contributed by atoms with Crippen molar-refractivity contribution in [2.45, 2.75) is 25.5 Å². The summed E-state index contributed by atoms with van der Waals surface area (Å²) < 4.78 is 2.02. The molecular formula is C14H20N4O2S. The van der Waals surface area contributed by atoms with Crippen LogP contribution in [0, 0.1) is 6.92 Å². The predicted molar refractivity (Wildman–Crippen MR) is 83.8 cm³/mol. The van der Waals surface area contributed by atoms with Crippen molar-refractivity contribution in [1.82, 2.24) is 19.4 Å². The molecule has 0 saturated heterocycles. The van der Waals surface area contributed by atoms with Crippen molar-refractivity contribution < 1.29 is 9.90 Å². The molecule has 0 bridgehead atoms. The fourth-order valence-corrected chi connectivity index (χ4v) is 2.73. The van der Waals surface area contributed by atoms with Gasteiger partial charge in [-0.15, -0.1) is 0 Å². The van der Waals surface area contributed by atoms with Gasteiger partial charge < -0.3 is 14.6 Å². The van der Waals surface area contributed by atoms with Gasteiger partial charge in [0.15, 0.2) is 10.8 Å². The molecular weight excluding hydrogens is 288 g/mol. The molecule has 114 valence electrons. The lowest BCUT2D eigenvalue weighted by Gasteiger charge is -2.15. The van der Waals surface area contributed by atoms with Gasteiger partial charge in [-0.2, -0.15) is 0 Å². The number of aliphatic carboxylic acids is 1.